The number of rotatable bonds is 4. The van der Waals surface area contributed by atoms with Crippen molar-refractivity contribution in [2.24, 2.45) is 11.8 Å². The van der Waals surface area contributed by atoms with Gasteiger partial charge in [0.15, 0.2) is 0 Å². The zero-order valence-corrected chi connectivity index (χ0v) is 13.7. The maximum Gasteiger partial charge on any atom is 0.317 e. The van der Waals surface area contributed by atoms with Crippen molar-refractivity contribution in [3.63, 3.8) is 0 Å². The van der Waals surface area contributed by atoms with Crippen molar-refractivity contribution in [2.45, 2.75) is 56.6 Å². The lowest BCUT2D eigenvalue weighted by atomic mass is 9.72. The fraction of sp³-hybridized carbons (Fsp3) is 0.882. The fourth-order valence-electron chi connectivity index (χ4n) is 3.97. The number of ether oxygens (including phenoxy) is 1. The zero-order valence-electron chi connectivity index (χ0n) is 13.7. The predicted octanol–water partition coefficient (Wildman–Crippen LogP) is 1.26. The van der Waals surface area contributed by atoms with Crippen LogP contribution in [-0.4, -0.2) is 54.7 Å². The third-order valence-electron chi connectivity index (χ3n) is 5.87. The van der Waals surface area contributed by atoms with Crippen LogP contribution in [0.1, 0.15) is 44.9 Å². The molecule has 1 spiro atoms. The number of carbonyl (C=O) groups is 2. The number of urea groups is 1. The van der Waals surface area contributed by atoms with Crippen LogP contribution in [0.25, 0.3) is 0 Å². The monoisotopic (exact) mass is 321 g/mol. The summed E-state index contributed by atoms with van der Waals surface area (Å²) < 4.78 is 5.93. The summed E-state index contributed by atoms with van der Waals surface area (Å²) in [4.78, 5) is 25.6. The van der Waals surface area contributed by atoms with E-state index in [9.17, 15) is 9.59 Å². The van der Waals surface area contributed by atoms with Gasteiger partial charge in [-0.1, -0.05) is 0 Å². The van der Waals surface area contributed by atoms with Gasteiger partial charge in [0, 0.05) is 32.2 Å². The van der Waals surface area contributed by atoms with Crippen LogP contribution in [0.2, 0.25) is 0 Å². The zero-order chi connectivity index (χ0) is 15.9. The number of amides is 3. The summed E-state index contributed by atoms with van der Waals surface area (Å²) in [5, 5.41) is 6.09. The number of nitrogens with zero attached hydrogens (tertiary/aromatic N) is 1. The SMILES string of the molecule is O=C(NC1CN(C(=O)NCC2CCOC3(CCC3)C2)C1)C1CC1. The Labute approximate surface area is 137 Å². The molecule has 2 aliphatic heterocycles. The molecule has 2 N–H and O–H groups in total. The largest absolute Gasteiger partial charge is 0.375 e. The molecule has 2 saturated carbocycles. The first kappa shape index (κ1) is 15.2. The van der Waals surface area contributed by atoms with Gasteiger partial charge in [0.1, 0.15) is 0 Å². The van der Waals surface area contributed by atoms with Gasteiger partial charge in [-0.05, 0) is 50.9 Å². The molecule has 3 amide bonds. The molecule has 4 fully saturated rings. The van der Waals surface area contributed by atoms with E-state index in [0.717, 1.165) is 38.8 Å². The summed E-state index contributed by atoms with van der Waals surface area (Å²) >= 11 is 0. The van der Waals surface area contributed by atoms with Crippen molar-refractivity contribution in [3.8, 4) is 0 Å². The van der Waals surface area contributed by atoms with Crippen molar-refractivity contribution in [2.75, 3.05) is 26.2 Å². The van der Waals surface area contributed by atoms with Crippen LogP contribution in [0.4, 0.5) is 4.79 Å². The Balaban J connectivity index is 1.14. The quantitative estimate of drug-likeness (QED) is 0.819. The van der Waals surface area contributed by atoms with Gasteiger partial charge in [0.05, 0.1) is 11.6 Å². The van der Waals surface area contributed by atoms with Crippen molar-refractivity contribution in [1.82, 2.24) is 15.5 Å². The smallest absolute Gasteiger partial charge is 0.317 e. The predicted molar refractivity (Wildman–Crippen MR) is 84.9 cm³/mol. The van der Waals surface area contributed by atoms with Crippen LogP contribution in [-0.2, 0) is 9.53 Å². The maximum absolute atomic E-state index is 12.2. The van der Waals surface area contributed by atoms with E-state index < -0.39 is 0 Å². The number of likely N-dealkylation sites (tertiary alicyclic amines) is 1. The highest BCUT2D eigenvalue weighted by molar-refractivity contribution is 5.82. The molecule has 2 heterocycles. The Bertz CT molecular complexity index is 481. The second-order valence-electron chi connectivity index (χ2n) is 7.81. The van der Waals surface area contributed by atoms with Gasteiger partial charge in [0.25, 0.3) is 0 Å². The van der Waals surface area contributed by atoms with Gasteiger partial charge >= 0.3 is 6.03 Å². The molecule has 4 rings (SSSR count). The van der Waals surface area contributed by atoms with Gasteiger partial charge in [0.2, 0.25) is 5.91 Å². The molecule has 0 bridgehead atoms. The first-order valence-corrected chi connectivity index (χ1v) is 9.11. The molecule has 1 unspecified atom stereocenters. The van der Waals surface area contributed by atoms with Crippen molar-refractivity contribution < 1.29 is 14.3 Å². The van der Waals surface area contributed by atoms with Crippen LogP contribution in [0.3, 0.4) is 0 Å². The van der Waals surface area contributed by atoms with E-state index in [4.69, 9.17) is 4.74 Å². The third kappa shape index (κ3) is 3.32. The van der Waals surface area contributed by atoms with Crippen molar-refractivity contribution in [1.29, 1.82) is 0 Å². The average molecular weight is 321 g/mol. The second kappa shape index (κ2) is 5.96. The van der Waals surface area contributed by atoms with Crippen LogP contribution >= 0.6 is 0 Å². The maximum atomic E-state index is 12.2. The summed E-state index contributed by atoms with van der Waals surface area (Å²) in [6.45, 7) is 2.86. The Morgan fingerprint density at radius 2 is 1.96 bits per heavy atom. The van der Waals surface area contributed by atoms with E-state index in [1.165, 1.54) is 19.3 Å². The molecular formula is C17H27N3O3. The molecular weight excluding hydrogens is 294 g/mol. The third-order valence-corrected chi connectivity index (χ3v) is 5.87. The summed E-state index contributed by atoms with van der Waals surface area (Å²) in [6.07, 6.45) is 7.83. The van der Waals surface area contributed by atoms with E-state index in [0.29, 0.717) is 19.0 Å². The molecule has 6 heteroatoms. The van der Waals surface area contributed by atoms with Crippen LogP contribution < -0.4 is 10.6 Å². The first-order valence-electron chi connectivity index (χ1n) is 9.11. The number of nitrogens with one attached hydrogen (secondary N) is 2. The normalized spacial score (nSPS) is 29.6. The lowest BCUT2D eigenvalue weighted by Gasteiger charge is -2.47. The molecule has 0 aromatic rings. The summed E-state index contributed by atoms with van der Waals surface area (Å²) in [5.74, 6) is 0.952. The minimum absolute atomic E-state index is 0.0103. The molecule has 0 aromatic heterocycles. The minimum Gasteiger partial charge on any atom is -0.375 e. The molecule has 1 atom stereocenters. The lowest BCUT2D eigenvalue weighted by Crippen LogP contribution is -2.63. The van der Waals surface area contributed by atoms with Crippen molar-refractivity contribution >= 4 is 11.9 Å². The summed E-state index contributed by atoms with van der Waals surface area (Å²) in [5.41, 5.74) is 0.141. The average Bonchev–Trinajstić information content (AvgIpc) is 3.31. The van der Waals surface area contributed by atoms with Gasteiger partial charge in [-0.2, -0.15) is 0 Å². The van der Waals surface area contributed by atoms with Gasteiger partial charge in [-0.25, -0.2) is 4.79 Å². The fourth-order valence-corrected chi connectivity index (χ4v) is 3.97. The van der Waals surface area contributed by atoms with E-state index in [1.807, 2.05) is 0 Å². The molecule has 128 valence electrons. The standard InChI is InChI=1S/C17H27N3O3/c21-15(13-2-3-13)19-14-10-20(11-14)16(22)18-9-12-4-7-23-17(8-12)5-1-6-17/h12-14H,1-11H2,(H,18,22)(H,19,21). The first-order chi connectivity index (χ1) is 11.1. The van der Waals surface area contributed by atoms with Crippen molar-refractivity contribution in [3.05, 3.63) is 0 Å². The number of hydrogen-bond donors (Lipinski definition) is 2. The number of hydrogen-bond acceptors (Lipinski definition) is 3. The summed E-state index contributed by atoms with van der Waals surface area (Å²) in [6, 6.07) is 0.159. The Morgan fingerprint density at radius 1 is 1.17 bits per heavy atom. The van der Waals surface area contributed by atoms with Gasteiger partial charge in [-0.15, -0.1) is 0 Å². The van der Waals surface area contributed by atoms with Crippen LogP contribution in [0, 0.1) is 11.8 Å². The van der Waals surface area contributed by atoms with E-state index >= 15 is 0 Å². The second-order valence-corrected chi connectivity index (χ2v) is 7.81. The van der Waals surface area contributed by atoms with Gasteiger partial charge in [-0.3, -0.25) is 4.79 Å². The lowest BCUT2D eigenvalue weighted by molar-refractivity contribution is -0.142. The molecule has 6 nitrogen and oxygen atoms in total. The van der Waals surface area contributed by atoms with Crippen LogP contribution in [0.15, 0.2) is 0 Å². The Kier molecular flexibility index (Phi) is 3.95. The molecule has 4 aliphatic rings. The Morgan fingerprint density at radius 3 is 2.61 bits per heavy atom. The highest BCUT2D eigenvalue weighted by Crippen LogP contribution is 2.44. The highest BCUT2D eigenvalue weighted by Gasteiger charge is 2.42. The topological polar surface area (TPSA) is 70.7 Å². The molecule has 0 radical (unpaired) electrons. The van der Waals surface area contributed by atoms with E-state index in [2.05, 4.69) is 10.6 Å². The summed E-state index contributed by atoms with van der Waals surface area (Å²) in [7, 11) is 0. The van der Waals surface area contributed by atoms with E-state index in [-0.39, 0.29) is 29.5 Å². The minimum atomic E-state index is 0.0103. The molecule has 0 aromatic carbocycles. The molecule has 2 saturated heterocycles. The van der Waals surface area contributed by atoms with E-state index in [1.54, 1.807) is 4.90 Å². The highest BCUT2D eigenvalue weighted by atomic mass is 16.5. The molecule has 2 aliphatic carbocycles. The number of carbonyl (C=O) groups excluding carboxylic acids is 2. The van der Waals surface area contributed by atoms with Crippen LogP contribution in [0.5, 0.6) is 0 Å². The Hall–Kier alpha value is -1.30. The van der Waals surface area contributed by atoms with Gasteiger partial charge < -0.3 is 20.3 Å². The molecule has 23 heavy (non-hydrogen) atoms.